The van der Waals surface area contributed by atoms with Crippen LogP contribution in [0.15, 0.2) is 255 Å². The molecule has 4 heteroatoms. The first-order chi connectivity index (χ1) is 37.0. The molecule has 4 nitrogen and oxygen atoms in total. The average Bonchev–Trinajstić information content (AvgIpc) is 4.36. The third-order valence-electron chi connectivity index (χ3n) is 17.0. The van der Waals surface area contributed by atoms with E-state index >= 15 is 0 Å². The van der Waals surface area contributed by atoms with Crippen molar-refractivity contribution in [2.75, 3.05) is 9.80 Å². The molecule has 2 atom stereocenters. The lowest BCUT2D eigenvalue weighted by molar-refractivity contribution is 0.634. The number of anilines is 4. The summed E-state index contributed by atoms with van der Waals surface area (Å²) in [5.41, 5.74) is 24.8. The SMILES string of the molecule is CC1(C)c2cc(-c3ccc4c(c3)n(-c3ccccc3)c3c5ccccc5n(-c5ccccc5)c43)ccc2-c2ccc(-c3ccc4c(c3)N(c3ccccc3)C3c5ccccc5N(c5ccccc5)C43)c3cccc1c23. The van der Waals surface area contributed by atoms with Crippen molar-refractivity contribution < 1.29 is 0 Å². The fourth-order valence-corrected chi connectivity index (χ4v) is 13.7. The summed E-state index contributed by atoms with van der Waals surface area (Å²) in [4.78, 5) is 5.18. The van der Waals surface area contributed by atoms with Crippen molar-refractivity contribution in [3.63, 3.8) is 0 Å². The molecule has 13 aromatic rings. The number of hydrogen-bond donors (Lipinski definition) is 0. The molecular weight excluding hydrogens is 909 g/mol. The topological polar surface area (TPSA) is 16.3 Å². The van der Waals surface area contributed by atoms with Crippen LogP contribution in [-0.2, 0) is 5.41 Å². The van der Waals surface area contributed by atoms with Gasteiger partial charge in [-0.05, 0) is 134 Å². The molecule has 3 aliphatic rings. The molecule has 0 amide bonds. The highest BCUT2D eigenvalue weighted by atomic mass is 15.3. The molecule has 0 bridgehead atoms. The van der Waals surface area contributed by atoms with Crippen molar-refractivity contribution in [1.29, 1.82) is 0 Å². The lowest BCUT2D eigenvalue weighted by atomic mass is 9.67. The number of nitrogens with zero attached hydrogens (tertiary/aromatic N) is 4. The van der Waals surface area contributed by atoms with Crippen LogP contribution in [0.4, 0.5) is 22.7 Å². The summed E-state index contributed by atoms with van der Waals surface area (Å²) in [5.74, 6) is 0. The Kier molecular flexibility index (Phi) is 8.89. The molecule has 16 rings (SSSR count). The van der Waals surface area contributed by atoms with Crippen LogP contribution >= 0.6 is 0 Å². The summed E-state index contributed by atoms with van der Waals surface area (Å²) in [7, 11) is 0. The smallest absolute Gasteiger partial charge is 0.0861 e. The Hall–Kier alpha value is -9.38. The largest absolute Gasteiger partial charge is 0.331 e. The third kappa shape index (κ3) is 5.94. The molecule has 1 aliphatic carbocycles. The van der Waals surface area contributed by atoms with E-state index in [1.165, 1.54) is 122 Å². The molecule has 2 unspecified atom stereocenters. The van der Waals surface area contributed by atoms with Crippen LogP contribution in [0, 0.1) is 0 Å². The Morgan fingerprint density at radius 2 is 0.827 bits per heavy atom. The van der Waals surface area contributed by atoms with E-state index in [1.807, 2.05) is 0 Å². The average molecular weight is 959 g/mol. The molecule has 0 spiro atoms. The van der Waals surface area contributed by atoms with Crippen LogP contribution in [0.25, 0.3) is 88.4 Å². The fraction of sp³-hybridized carbons (Fsp3) is 0.0704. The zero-order chi connectivity index (χ0) is 49.5. The number of hydrogen-bond acceptors (Lipinski definition) is 2. The van der Waals surface area contributed by atoms with Gasteiger partial charge in [-0.1, -0.05) is 190 Å². The molecule has 0 N–H and O–H groups in total. The van der Waals surface area contributed by atoms with Crippen LogP contribution in [0.5, 0.6) is 0 Å². The van der Waals surface area contributed by atoms with Crippen LogP contribution in [-0.4, -0.2) is 9.13 Å². The van der Waals surface area contributed by atoms with E-state index in [-0.39, 0.29) is 17.5 Å². The van der Waals surface area contributed by atoms with Gasteiger partial charge in [-0.25, -0.2) is 0 Å². The van der Waals surface area contributed by atoms with E-state index in [0.717, 1.165) is 11.4 Å². The van der Waals surface area contributed by atoms with E-state index in [9.17, 15) is 0 Å². The number of fused-ring (bicyclic) bond motifs is 12. The summed E-state index contributed by atoms with van der Waals surface area (Å²) in [6.45, 7) is 4.85. The van der Waals surface area contributed by atoms with Gasteiger partial charge in [-0.15, -0.1) is 0 Å². The van der Waals surface area contributed by atoms with Crippen LogP contribution < -0.4 is 9.80 Å². The Balaban J connectivity index is 0.835. The number of benzene rings is 11. The van der Waals surface area contributed by atoms with Crippen molar-refractivity contribution in [2.24, 2.45) is 0 Å². The molecule has 2 aromatic heterocycles. The maximum Gasteiger partial charge on any atom is 0.0861 e. The molecular formula is C71H50N4. The molecule has 4 heterocycles. The van der Waals surface area contributed by atoms with E-state index in [2.05, 4.69) is 288 Å². The van der Waals surface area contributed by atoms with E-state index in [1.54, 1.807) is 0 Å². The zero-order valence-corrected chi connectivity index (χ0v) is 41.7. The maximum atomic E-state index is 2.61. The van der Waals surface area contributed by atoms with Gasteiger partial charge >= 0.3 is 0 Å². The standard InChI is InChI=1S/C71H50N4/c1-71(2)60-31-19-30-54-52(47-36-39-59-65(44-47)75(51-26-13-6-14-27-51)68-57-29-16-18-33-63(57)73(70(59)68)49-22-9-4-10-23-49)40-41-55(66(54)60)53-37-34-45(42-61(53)71)46-35-38-58-64(43-46)74(50-24-11-5-12-25-50)67-56-28-15-17-32-62(56)72(69(58)67)48-20-7-3-8-21-48/h3-44,68,70H,1-2H3. The second-order valence-electron chi connectivity index (χ2n) is 21.2. The van der Waals surface area contributed by atoms with Crippen LogP contribution in [0.1, 0.15) is 48.2 Å². The molecule has 11 aromatic carbocycles. The fourth-order valence-electron chi connectivity index (χ4n) is 13.7. The van der Waals surface area contributed by atoms with Gasteiger partial charge in [-0.2, -0.15) is 0 Å². The van der Waals surface area contributed by atoms with E-state index in [4.69, 9.17) is 0 Å². The first-order valence-electron chi connectivity index (χ1n) is 26.3. The lowest BCUT2D eigenvalue weighted by Gasteiger charge is -2.36. The monoisotopic (exact) mass is 958 g/mol. The number of para-hydroxylation sites is 6. The summed E-state index contributed by atoms with van der Waals surface area (Å²) in [5, 5.41) is 5.10. The molecule has 0 radical (unpaired) electrons. The molecule has 354 valence electrons. The lowest BCUT2D eigenvalue weighted by Crippen LogP contribution is -2.24. The second kappa shape index (κ2) is 15.8. The van der Waals surface area contributed by atoms with Crippen molar-refractivity contribution in [3.05, 3.63) is 277 Å². The molecule has 0 saturated heterocycles. The quantitative estimate of drug-likeness (QED) is 0.165. The summed E-state index contributed by atoms with van der Waals surface area (Å²) >= 11 is 0. The predicted octanol–water partition coefficient (Wildman–Crippen LogP) is 18.6. The van der Waals surface area contributed by atoms with Gasteiger partial charge in [0.1, 0.15) is 0 Å². The molecule has 0 saturated carbocycles. The highest BCUT2D eigenvalue weighted by molar-refractivity contribution is 6.20. The summed E-state index contributed by atoms with van der Waals surface area (Å²) in [6.07, 6.45) is 0. The third-order valence-corrected chi connectivity index (χ3v) is 17.0. The Morgan fingerprint density at radius 3 is 1.53 bits per heavy atom. The minimum Gasteiger partial charge on any atom is -0.331 e. The van der Waals surface area contributed by atoms with Gasteiger partial charge in [-0.3, -0.25) is 0 Å². The van der Waals surface area contributed by atoms with Gasteiger partial charge in [0.15, 0.2) is 0 Å². The number of rotatable bonds is 6. The van der Waals surface area contributed by atoms with Crippen molar-refractivity contribution in [2.45, 2.75) is 31.3 Å². The first kappa shape index (κ1) is 42.2. The second-order valence-corrected chi connectivity index (χ2v) is 21.2. The summed E-state index contributed by atoms with van der Waals surface area (Å²) in [6, 6.07) is 95.1. The van der Waals surface area contributed by atoms with Crippen molar-refractivity contribution >= 4 is 66.4 Å². The van der Waals surface area contributed by atoms with Crippen molar-refractivity contribution in [1.82, 2.24) is 9.13 Å². The minimum atomic E-state index is -0.264. The van der Waals surface area contributed by atoms with E-state index < -0.39 is 0 Å². The highest BCUT2D eigenvalue weighted by Gasteiger charge is 2.50. The summed E-state index contributed by atoms with van der Waals surface area (Å²) < 4.78 is 4.93. The van der Waals surface area contributed by atoms with Gasteiger partial charge < -0.3 is 18.9 Å². The van der Waals surface area contributed by atoms with E-state index in [0.29, 0.717) is 0 Å². The zero-order valence-electron chi connectivity index (χ0n) is 41.7. The molecule has 2 aliphatic heterocycles. The van der Waals surface area contributed by atoms with Gasteiger partial charge in [0, 0.05) is 61.4 Å². The van der Waals surface area contributed by atoms with Crippen molar-refractivity contribution in [3.8, 4) is 44.8 Å². The maximum absolute atomic E-state index is 2.61. The van der Waals surface area contributed by atoms with Gasteiger partial charge in [0.05, 0.1) is 34.2 Å². The first-order valence-corrected chi connectivity index (χ1v) is 26.3. The van der Waals surface area contributed by atoms with Gasteiger partial charge in [0.25, 0.3) is 0 Å². The molecule has 0 fully saturated rings. The highest BCUT2D eigenvalue weighted by Crippen LogP contribution is 2.63. The predicted molar refractivity (Wildman–Crippen MR) is 313 cm³/mol. The number of aromatic nitrogens is 2. The van der Waals surface area contributed by atoms with Gasteiger partial charge in [0.2, 0.25) is 0 Å². The Labute approximate surface area is 436 Å². The molecule has 75 heavy (non-hydrogen) atoms. The normalized spacial score (nSPS) is 15.9. The minimum absolute atomic E-state index is 0.118. The Morgan fingerprint density at radius 1 is 0.320 bits per heavy atom. The Bertz CT molecular complexity index is 4450. The van der Waals surface area contributed by atoms with Crippen LogP contribution in [0.3, 0.4) is 0 Å². The van der Waals surface area contributed by atoms with Crippen LogP contribution in [0.2, 0.25) is 0 Å².